The second-order valence-electron chi connectivity index (χ2n) is 6.91. The number of ether oxygens (including phenoxy) is 3. The Morgan fingerprint density at radius 2 is 1.97 bits per heavy atom. The van der Waals surface area contributed by atoms with Gasteiger partial charge in [0.1, 0.15) is 0 Å². The van der Waals surface area contributed by atoms with Crippen LogP contribution < -0.4 is 18.9 Å². The van der Waals surface area contributed by atoms with Crippen molar-refractivity contribution in [1.29, 1.82) is 0 Å². The van der Waals surface area contributed by atoms with E-state index in [1.807, 2.05) is 30.3 Å². The Labute approximate surface area is 179 Å². The SMILES string of the molecule is CNS(=O)(=O)N1CCc2c(Br)c3c(c(OC)c2C1CCc1ccccc1)OCO3. The Bertz CT molecular complexity index is 1010. The standard InChI is InChI=1S/C20H23BrN2O5S/c1-22-29(24,25)23-11-10-14-16(15(23)9-8-13-6-4-3-5-7-13)18(26-2)20-19(17(14)21)27-12-28-20/h3-7,15,22H,8-12H2,1-2H3. The first kappa shape index (κ1) is 20.5. The molecule has 1 atom stereocenters. The zero-order chi connectivity index (χ0) is 20.6. The summed E-state index contributed by atoms with van der Waals surface area (Å²) < 4.78 is 47.4. The van der Waals surface area contributed by atoms with Crippen LogP contribution in [0.25, 0.3) is 0 Å². The molecular formula is C20H23BrN2O5S. The molecular weight excluding hydrogens is 460 g/mol. The molecule has 0 bridgehead atoms. The molecule has 2 aromatic rings. The first-order valence-electron chi connectivity index (χ1n) is 9.40. The lowest BCUT2D eigenvalue weighted by atomic mass is 9.89. The molecule has 1 unspecified atom stereocenters. The van der Waals surface area contributed by atoms with Crippen LogP contribution in [0, 0.1) is 0 Å². The van der Waals surface area contributed by atoms with Crippen molar-refractivity contribution in [1.82, 2.24) is 9.03 Å². The van der Waals surface area contributed by atoms with Crippen molar-refractivity contribution >= 4 is 26.1 Å². The van der Waals surface area contributed by atoms with Crippen LogP contribution in [0.3, 0.4) is 0 Å². The highest BCUT2D eigenvalue weighted by Gasteiger charge is 2.41. The molecule has 1 N–H and O–H groups in total. The molecule has 2 heterocycles. The third-order valence-electron chi connectivity index (χ3n) is 5.44. The molecule has 0 aromatic heterocycles. The van der Waals surface area contributed by atoms with Gasteiger partial charge < -0.3 is 14.2 Å². The van der Waals surface area contributed by atoms with E-state index in [-0.39, 0.29) is 6.79 Å². The Hall–Kier alpha value is -1.81. The van der Waals surface area contributed by atoms with Gasteiger partial charge in [-0.3, -0.25) is 0 Å². The summed E-state index contributed by atoms with van der Waals surface area (Å²) in [5.74, 6) is 1.68. The maximum absolute atomic E-state index is 12.8. The first-order chi connectivity index (χ1) is 14.0. The van der Waals surface area contributed by atoms with Crippen LogP contribution >= 0.6 is 15.9 Å². The second-order valence-corrected chi connectivity index (χ2v) is 9.53. The zero-order valence-electron chi connectivity index (χ0n) is 16.3. The van der Waals surface area contributed by atoms with E-state index in [9.17, 15) is 8.42 Å². The van der Waals surface area contributed by atoms with Crippen molar-refractivity contribution in [2.75, 3.05) is 27.5 Å². The number of hydrogen-bond donors (Lipinski definition) is 1. The minimum atomic E-state index is -3.63. The number of methoxy groups -OCH3 is 1. The molecule has 0 spiro atoms. The summed E-state index contributed by atoms with van der Waals surface area (Å²) in [5.41, 5.74) is 3.00. The van der Waals surface area contributed by atoms with Gasteiger partial charge in [0.15, 0.2) is 11.5 Å². The molecule has 0 aliphatic carbocycles. The van der Waals surface area contributed by atoms with Gasteiger partial charge in [-0.05, 0) is 46.3 Å². The van der Waals surface area contributed by atoms with E-state index in [1.165, 1.54) is 11.4 Å². The summed E-state index contributed by atoms with van der Waals surface area (Å²) in [5, 5.41) is 0. The van der Waals surface area contributed by atoms with Crippen molar-refractivity contribution in [3.8, 4) is 17.2 Å². The fourth-order valence-corrected chi connectivity index (χ4v) is 5.91. The largest absolute Gasteiger partial charge is 0.492 e. The van der Waals surface area contributed by atoms with E-state index >= 15 is 0 Å². The minimum Gasteiger partial charge on any atom is -0.492 e. The number of halogens is 1. The van der Waals surface area contributed by atoms with Gasteiger partial charge in [-0.2, -0.15) is 12.7 Å². The summed E-state index contributed by atoms with van der Waals surface area (Å²) >= 11 is 3.65. The normalized spacial score (nSPS) is 18.5. The molecule has 7 nitrogen and oxygen atoms in total. The molecule has 2 aliphatic heterocycles. The second kappa shape index (κ2) is 8.14. The monoisotopic (exact) mass is 482 g/mol. The van der Waals surface area contributed by atoms with Crippen molar-refractivity contribution in [2.45, 2.75) is 25.3 Å². The van der Waals surface area contributed by atoms with Crippen LogP contribution in [0.5, 0.6) is 17.2 Å². The van der Waals surface area contributed by atoms with Crippen LogP contribution in [0.15, 0.2) is 34.8 Å². The predicted octanol–water partition coefficient (Wildman–Crippen LogP) is 3.18. The lowest BCUT2D eigenvalue weighted by molar-refractivity contribution is 0.170. The summed E-state index contributed by atoms with van der Waals surface area (Å²) in [4.78, 5) is 0. The molecule has 4 rings (SSSR count). The summed E-state index contributed by atoms with van der Waals surface area (Å²) in [7, 11) is -0.618. The molecule has 2 aromatic carbocycles. The fourth-order valence-electron chi connectivity index (χ4n) is 4.09. The van der Waals surface area contributed by atoms with Crippen molar-refractivity contribution < 1.29 is 22.6 Å². The fraction of sp³-hybridized carbons (Fsp3) is 0.400. The number of rotatable bonds is 6. The Kier molecular flexibility index (Phi) is 5.74. The molecule has 0 fully saturated rings. The van der Waals surface area contributed by atoms with Crippen LogP contribution in [0.2, 0.25) is 0 Å². The summed E-state index contributed by atoms with van der Waals surface area (Å²) in [6, 6.07) is 9.65. The summed E-state index contributed by atoms with van der Waals surface area (Å²) in [6.07, 6.45) is 1.89. The molecule has 0 saturated heterocycles. The molecule has 0 radical (unpaired) electrons. The number of nitrogens with one attached hydrogen (secondary N) is 1. The van der Waals surface area contributed by atoms with E-state index in [4.69, 9.17) is 14.2 Å². The van der Waals surface area contributed by atoms with Crippen LogP contribution in [-0.4, -0.2) is 40.2 Å². The predicted molar refractivity (Wildman–Crippen MR) is 113 cm³/mol. The average molecular weight is 483 g/mol. The number of fused-ring (bicyclic) bond motifs is 2. The number of benzene rings is 2. The highest BCUT2D eigenvalue weighted by atomic mass is 79.9. The Morgan fingerprint density at radius 1 is 1.24 bits per heavy atom. The number of aryl methyl sites for hydroxylation is 1. The molecule has 0 saturated carbocycles. The smallest absolute Gasteiger partial charge is 0.279 e. The Balaban J connectivity index is 1.83. The van der Waals surface area contributed by atoms with Gasteiger partial charge in [0, 0.05) is 19.2 Å². The van der Waals surface area contributed by atoms with Gasteiger partial charge in [-0.1, -0.05) is 30.3 Å². The topological polar surface area (TPSA) is 77.1 Å². The quantitative estimate of drug-likeness (QED) is 0.683. The highest BCUT2D eigenvalue weighted by molar-refractivity contribution is 9.10. The molecule has 2 aliphatic rings. The van der Waals surface area contributed by atoms with Gasteiger partial charge >= 0.3 is 0 Å². The van der Waals surface area contributed by atoms with Crippen molar-refractivity contribution in [2.24, 2.45) is 0 Å². The third-order valence-corrected chi connectivity index (χ3v) is 7.85. The summed E-state index contributed by atoms with van der Waals surface area (Å²) in [6.45, 7) is 0.484. The van der Waals surface area contributed by atoms with E-state index in [2.05, 4.69) is 20.7 Å². The number of nitrogens with zero attached hydrogens (tertiary/aromatic N) is 1. The van der Waals surface area contributed by atoms with Crippen molar-refractivity contribution in [3.05, 3.63) is 51.5 Å². The first-order valence-corrected chi connectivity index (χ1v) is 11.6. The highest BCUT2D eigenvalue weighted by Crippen LogP contribution is 2.55. The maximum Gasteiger partial charge on any atom is 0.279 e. The van der Waals surface area contributed by atoms with Crippen LogP contribution in [-0.2, 0) is 23.1 Å². The lowest BCUT2D eigenvalue weighted by Gasteiger charge is -2.37. The van der Waals surface area contributed by atoms with E-state index in [1.54, 1.807) is 7.11 Å². The van der Waals surface area contributed by atoms with E-state index in [0.29, 0.717) is 36.6 Å². The zero-order valence-corrected chi connectivity index (χ0v) is 18.7. The number of hydrogen-bond acceptors (Lipinski definition) is 5. The van der Waals surface area contributed by atoms with Gasteiger partial charge in [-0.15, -0.1) is 0 Å². The van der Waals surface area contributed by atoms with Crippen LogP contribution in [0.4, 0.5) is 0 Å². The van der Waals surface area contributed by atoms with Crippen molar-refractivity contribution in [3.63, 3.8) is 0 Å². The van der Waals surface area contributed by atoms with Crippen LogP contribution in [0.1, 0.15) is 29.2 Å². The van der Waals surface area contributed by atoms with Gasteiger partial charge in [0.05, 0.1) is 17.6 Å². The molecule has 29 heavy (non-hydrogen) atoms. The minimum absolute atomic E-state index is 0.112. The third kappa shape index (κ3) is 3.61. The van der Waals surface area contributed by atoms with Gasteiger partial charge in [0.25, 0.3) is 10.2 Å². The van der Waals surface area contributed by atoms with Gasteiger partial charge in [0.2, 0.25) is 12.5 Å². The maximum atomic E-state index is 12.8. The van der Waals surface area contributed by atoms with E-state index in [0.717, 1.165) is 27.6 Å². The Morgan fingerprint density at radius 3 is 2.66 bits per heavy atom. The lowest BCUT2D eigenvalue weighted by Crippen LogP contribution is -2.45. The molecule has 156 valence electrons. The van der Waals surface area contributed by atoms with Gasteiger partial charge in [-0.25, -0.2) is 4.72 Å². The molecule has 9 heteroatoms. The van der Waals surface area contributed by atoms with E-state index < -0.39 is 16.3 Å². The molecule has 0 amide bonds. The average Bonchev–Trinajstić information content (AvgIpc) is 3.23.